The zero-order chi connectivity index (χ0) is 13.2. The first kappa shape index (κ1) is 15.4. The largest absolute Gasteiger partial charge is 0.497 e. The summed E-state index contributed by atoms with van der Waals surface area (Å²) in [4.78, 5) is 0.794. The maximum absolute atomic E-state index is 12.0. The Balaban J connectivity index is 2.42. The van der Waals surface area contributed by atoms with Crippen LogP contribution in [0.3, 0.4) is 0 Å². The predicted octanol–water partition coefficient (Wildman–Crippen LogP) is 3.88. The van der Waals surface area contributed by atoms with Crippen molar-refractivity contribution in [2.45, 2.75) is 4.90 Å². The van der Waals surface area contributed by atoms with Crippen LogP contribution in [-0.4, -0.2) is 22.8 Å². The highest BCUT2D eigenvalue weighted by Crippen LogP contribution is 2.22. The summed E-state index contributed by atoms with van der Waals surface area (Å²) in [5, 5.41) is 1.96. The summed E-state index contributed by atoms with van der Waals surface area (Å²) in [5.74, 6) is 2.17. The van der Waals surface area contributed by atoms with Gasteiger partial charge in [-0.15, -0.1) is 6.58 Å². The molecule has 0 N–H and O–H groups in total. The molecule has 0 aromatic heterocycles. The predicted molar refractivity (Wildman–Crippen MR) is 83.7 cm³/mol. The number of benzene rings is 1. The molecule has 1 unspecified atom stereocenters. The van der Waals surface area contributed by atoms with Crippen molar-refractivity contribution in [2.75, 3.05) is 18.6 Å². The van der Waals surface area contributed by atoms with Crippen LogP contribution in [0.15, 0.2) is 53.3 Å². The first-order valence-electron chi connectivity index (χ1n) is 5.34. The maximum atomic E-state index is 12.0. The number of methoxy groups -OCH3 is 1. The van der Waals surface area contributed by atoms with E-state index < -0.39 is 10.8 Å². The molecule has 0 amide bonds. The van der Waals surface area contributed by atoms with Crippen molar-refractivity contribution in [1.82, 2.24) is 0 Å². The van der Waals surface area contributed by atoms with Gasteiger partial charge in [0.05, 0.1) is 17.9 Å². The summed E-state index contributed by atoms with van der Waals surface area (Å²) in [6.45, 7) is 3.64. The van der Waals surface area contributed by atoms with Gasteiger partial charge < -0.3 is 4.74 Å². The second-order valence-corrected chi connectivity index (χ2v) is 7.05. The van der Waals surface area contributed by atoms with Crippen LogP contribution in [0.25, 0.3) is 0 Å². The van der Waals surface area contributed by atoms with E-state index in [-0.39, 0.29) is 0 Å². The van der Waals surface area contributed by atoms with E-state index in [1.54, 1.807) is 28.7 Å². The van der Waals surface area contributed by atoms with Gasteiger partial charge in [-0.25, -0.2) is 0 Å². The van der Waals surface area contributed by atoms with Gasteiger partial charge in [0.1, 0.15) is 5.75 Å². The fraction of sp³-hybridized carbons (Fsp3) is 0.231. The van der Waals surface area contributed by atoms with Gasteiger partial charge in [0.25, 0.3) is 0 Å². The molecule has 0 radical (unpaired) electrons. The molecule has 0 spiro atoms. The average Bonchev–Trinajstić information content (AvgIpc) is 2.42. The number of hydrogen-bond acceptors (Lipinski definition) is 4. The van der Waals surface area contributed by atoms with Gasteiger partial charge in [-0.05, 0) is 23.6 Å². The lowest BCUT2D eigenvalue weighted by Gasteiger charge is -2.02. The van der Waals surface area contributed by atoms with Crippen LogP contribution in [0.5, 0.6) is 5.75 Å². The van der Waals surface area contributed by atoms with E-state index in [0.29, 0.717) is 5.75 Å². The number of hydrogen-bond donors (Lipinski definition) is 0. The van der Waals surface area contributed by atoms with Crippen LogP contribution >= 0.6 is 21.6 Å². The number of rotatable bonds is 8. The van der Waals surface area contributed by atoms with E-state index in [9.17, 15) is 4.21 Å². The second-order valence-electron chi connectivity index (χ2n) is 3.23. The Hall–Kier alpha value is -0.650. The third-order valence-corrected chi connectivity index (χ3v) is 5.19. The van der Waals surface area contributed by atoms with Crippen LogP contribution in [0.1, 0.15) is 0 Å². The van der Waals surface area contributed by atoms with Crippen molar-refractivity contribution in [1.29, 1.82) is 0 Å². The Morgan fingerprint density at radius 2 is 2.33 bits per heavy atom. The molecule has 18 heavy (non-hydrogen) atoms. The molecule has 0 heterocycles. The van der Waals surface area contributed by atoms with Crippen LogP contribution in [-0.2, 0) is 10.8 Å². The summed E-state index contributed by atoms with van der Waals surface area (Å²) in [6.07, 6.45) is 3.79. The van der Waals surface area contributed by atoms with Crippen LogP contribution < -0.4 is 4.74 Å². The minimum absolute atomic E-state index is 0.523. The van der Waals surface area contributed by atoms with Gasteiger partial charge in [-0.2, -0.15) is 0 Å². The molecule has 0 fully saturated rings. The van der Waals surface area contributed by atoms with E-state index in [0.717, 1.165) is 16.4 Å². The summed E-state index contributed by atoms with van der Waals surface area (Å²) in [7, 11) is 3.92. The van der Waals surface area contributed by atoms with Gasteiger partial charge in [0.15, 0.2) is 0 Å². The van der Waals surface area contributed by atoms with Gasteiger partial charge in [0.2, 0.25) is 0 Å². The zero-order valence-electron chi connectivity index (χ0n) is 10.2. The summed E-state index contributed by atoms with van der Waals surface area (Å²) >= 11 is 0. The standard InChI is InChI=1S/C13H16O2S3/c1-3-8-16-17-9-5-10-18(14)13-7-4-6-12(11-13)15-2/h3-7,9,11H,1,8,10H2,2H3/b9-5+. The Labute approximate surface area is 119 Å². The smallest absolute Gasteiger partial charge is 0.120 e. The van der Waals surface area contributed by atoms with E-state index in [2.05, 4.69) is 6.58 Å². The van der Waals surface area contributed by atoms with E-state index in [4.69, 9.17) is 4.74 Å². The topological polar surface area (TPSA) is 26.3 Å². The van der Waals surface area contributed by atoms with E-state index in [1.807, 2.05) is 41.8 Å². The molecule has 0 aliphatic carbocycles. The first-order chi connectivity index (χ1) is 8.77. The molecule has 98 valence electrons. The summed E-state index contributed by atoms with van der Waals surface area (Å²) < 4.78 is 17.1. The highest BCUT2D eigenvalue weighted by atomic mass is 33.1. The Kier molecular flexibility index (Phi) is 7.96. The van der Waals surface area contributed by atoms with Crippen molar-refractivity contribution in [3.63, 3.8) is 0 Å². The van der Waals surface area contributed by atoms with Crippen molar-refractivity contribution >= 4 is 32.4 Å². The number of ether oxygens (including phenoxy) is 1. The minimum atomic E-state index is -1.01. The molecule has 2 nitrogen and oxygen atoms in total. The zero-order valence-corrected chi connectivity index (χ0v) is 12.7. The SMILES string of the molecule is C=CCSS/C=C/CS(=O)c1cccc(OC)c1. The maximum Gasteiger partial charge on any atom is 0.120 e. The molecule has 1 aromatic rings. The van der Waals surface area contributed by atoms with Crippen LogP contribution in [0.4, 0.5) is 0 Å². The Morgan fingerprint density at radius 3 is 3.06 bits per heavy atom. The molecule has 0 saturated heterocycles. The quantitative estimate of drug-likeness (QED) is 0.413. The molecular weight excluding hydrogens is 284 g/mol. The molecule has 0 bridgehead atoms. The van der Waals surface area contributed by atoms with Gasteiger partial charge >= 0.3 is 0 Å². The normalized spacial score (nSPS) is 12.5. The molecule has 0 aliphatic rings. The van der Waals surface area contributed by atoms with Crippen molar-refractivity contribution in [3.8, 4) is 5.75 Å². The molecule has 0 saturated carbocycles. The third-order valence-electron chi connectivity index (χ3n) is 1.96. The molecular formula is C13H16O2S3. The molecule has 0 aliphatic heterocycles. The first-order valence-corrected chi connectivity index (χ1v) is 9.04. The molecule has 5 heteroatoms. The van der Waals surface area contributed by atoms with Crippen molar-refractivity contribution in [2.24, 2.45) is 0 Å². The lowest BCUT2D eigenvalue weighted by molar-refractivity contribution is 0.413. The summed E-state index contributed by atoms with van der Waals surface area (Å²) in [6, 6.07) is 7.36. The highest BCUT2D eigenvalue weighted by molar-refractivity contribution is 8.77. The van der Waals surface area contributed by atoms with E-state index >= 15 is 0 Å². The van der Waals surface area contributed by atoms with E-state index in [1.165, 1.54) is 0 Å². The average molecular weight is 300 g/mol. The molecule has 1 atom stereocenters. The van der Waals surface area contributed by atoms with Gasteiger partial charge in [-0.3, -0.25) is 4.21 Å². The Bertz CT molecular complexity index is 430. The Morgan fingerprint density at radius 1 is 1.50 bits per heavy atom. The monoisotopic (exact) mass is 300 g/mol. The lowest BCUT2D eigenvalue weighted by atomic mass is 10.3. The fourth-order valence-electron chi connectivity index (χ4n) is 1.13. The van der Waals surface area contributed by atoms with Gasteiger partial charge in [-0.1, -0.05) is 39.8 Å². The van der Waals surface area contributed by atoms with Gasteiger partial charge in [0, 0.05) is 16.4 Å². The third kappa shape index (κ3) is 5.80. The lowest BCUT2D eigenvalue weighted by Crippen LogP contribution is -1.95. The van der Waals surface area contributed by atoms with Crippen LogP contribution in [0.2, 0.25) is 0 Å². The second kappa shape index (κ2) is 9.30. The molecule has 1 aromatic carbocycles. The van der Waals surface area contributed by atoms with Crippen molar-refractivity contribution < 1.29 is 8.95 Å². The van der Waals surface area contributed by atoms with Crippen LogP contribution in [0, 0.1) is 0 Å². The molecule has 1 rings (SSSR count). The highest BCUT2D eigenvalue weighted by Gasteiger charge is 2.02. The fourth-order valence-corrected chi connectivity index (χ4v) is 3.62. The van der Waals surface area contributed by atoms with Crippen molar-refractivity contribution in [3.05, 3.63) is 48.4 Å². The minimum Gasteiger partial charge on any atom is -0.497 e. The summed E-state index contributed by atoms with van der Waals surface area (Å²) in [5.41, 5.74) is 0.